The van der Waals surface area contributed by atoms with Crippen molar-refractivity contribution in [1.82, 2.24) is 9.78 Å². The van der Waals surface area contributed by atoms with Crippen LogP contribution in [0.15, 0.2) is 42.7 Å². The van der Waals surface area contributed by atoms with Crippen LogP contribution < -0.4 is 5.32 Å². The second-order valence-electron chi connectivity index (χ2n) is 4.14. The maximum absolute atomic E-state index is 4.28. The fourth-order valence-corrected chi connectivity index (χ4v) is 1.51. The summed E-state index contributed by atoms with van der Waals surface area (Å²) in [6, 6.07) is 10.8. The molecule has 0 spiro atoms. The third kappa shape index (κ3) is 2.63. The lowest BCUT2D eigenvalue weighted by Crippen LogP contribution is -2.01. The molecule has 84 valence electrons. The molecule has 0 aliphatic heterocycles. The number of rotatable bonds is 4. The Balaban J connectivity index is 1.95. The topological polar surface area (TPSA) is 29.9 Å². The van der Waals surface area contributed by atoms with Crippen LogP contribution in [-0.4, -0.2) is 9.78 Å². The summed E-state index contributed by atoms with van der Waals surface area (Å²) < 4.78 is 1.95. The van der Waals surface area contributed by atoms with Crippen molar-refractivity contribution >= 4 is 5.69 Å². The summed E-state index contributed by atoms with van der Waals surface area (Å²) in [5, 5.41) is 7.64. The van der Waals surface area contributed by atoms with Crippen LogP contribution in [0.1, 0.15) is 25.5 Å². The Kier molecular flexibility index (Phi) is 3.25. The van der Waals surface area contributed by atoms with Crippen molar-refractivity contribution in [3.8, 4) is 0 Å². The first-order valence-corrected chi connectivity index (χ1v) is 5.57. The van der Waals surface area contributed by atoms with Crippen LogP contribution in [0.4, 0.5) is 5.69 Å². The van der Waals surface area contributed by atoms with Gasteiger partial charge in [-0.3, -0.25) is 4.68 Å². The number of hydrogen-bond donors (Lipinski definition) is 1. The molecule has 3 heteroatoms. The monoisotopic (exact) mass is 215 g/mol. The largest absolute Gasteiger partial charge is 0.378 e. The van der Waals surface area contributed by atoms with E-state index in [1.165, 1.54) is 5.56 Å². The first-order valence-electron chi connectivity index (χ1n) is 5.57. The Morgan fingerprint density at radius 2 is 2.00 bits per heavy atom. The molecule has 1 N–H and O–H groups in total. The second-order valence-corrected chi connectivity index (χ2v) is 4.14. The summed E-state index contributed by atoms with van der Waals surface area (Å²) in [6.07, 6.45) is 3.90. The molecule has 16 heavy (non-hydrogen) atoms. The van der Waals surface area contributed by atoms with E-state index in [1.807, 2.05) is 23.1 Å². The van der Waals surface area contributed by atoms with Gasteiger partial charge in [0.05, 0.1) is 11.9 Å². The molecule has 1 heterocycles. The average Bonchev–Trinajstić information content (AvgIpc) is 2.76. The summed E-state index contributed by atoms with van der Waals surface area (Å²) in [5.74, 6) is 0. The van der Waals surface area contributed by atoms with Crippen LogP contribution in [0.3, 0.4) is 0 Å². The minimum atomic E-state index is 0.410. The van der Waals surface area contributed by atoms with Crippen LogP contribution in [0.5, 0.6) is 0 Å². The third-order valence-electron chi connectivity index (χ3n) is 2.47. The normalized spacial score (nSPS) is 10.7. The maximum atomic E-state index is 4.28. The molecule has 1 aromatic heterocycles. The Hall–Kier alpha value is -1.77. The molecule has 0 unspecified atom stereocenters. The lowest BCUT2D eigenvalue weighted by Gasteiger charge is -2.04. The van der Waals surface area contributed by atoms with Gasteiger partial charge in [-0.15, -0.1) is 0 Å². The van der Waals surface area contributed by atoms with Gasteiger partial charge in [0.15, 0.2) is 0 Å². The van der Waals surface area contributed by atoms with Crippen molar-refractivity contribution in [2.24, 2.45) is 0 Å². The lowest BCUT2D eigenvalue weighted by atomic mass is 10.2. The van der Waals surface area contributed by atoms with Gasteiger partial charge in [0.2, 0.25) is 0 Å². The summed E-state index contributed by atoms with van der Waals surface area (Å²) in [4.78, 5) is 0. The van der Waals surface area contributed by atoms with Crippen molar-refractivity contribution in [3.63, 3.8) is 0 Å². The standard InChI is InChI=1S/C13H17N3/c1-11(2)16-10-13(9-15-16)14-8-12-6-4-3-5-7-12/h3-7,9-11,14H,8H2,1-2H3. The zero-order chi connectivity index (χ0) is 11.4. The van der Waals surface area contributed by atoms with E-state index < -0.39 is 0 Å². The van der Waals surface area contributed by atoms with Gasteiger partial charge in [-0.2, -0.15) is 5.10 Å². The van der Waals surface area contributed by atoms with Gasteiger partial charge < -0.3 is 5.32 Å². The zero-order valence-electron chi connectivity index (χ0n) is 9.72. The predicted octanol–water partition coefficient (Wildman–Crippen LogP) is 3.08. The van der Waals surface area contributed by atoms with Gasteiger partial charge in [-0.05, 0) is 19.4 Å². The molecule has 0 atom stereocenters. The molecule has 0 aliphatic rings. The number of aromatic nitrogens is 2. The Bertz CT molecular complexity index is 431. The van der Waals surface area contributed by atoms with E-state index in [9.17, 15) is 0 Å². The molecule has 0 saturated carbocycles. The molecule has 0 amide bonds. The molecule has 0 saturated heterocycles. The number of hydrogen-bond acceptors (Lipinski definition) is 2. The number of benzene rings is 1. The average molecular weight is 215 g/mol. The van der Waals surface area contributed by atoms with Crippen LogP contribution in [0.25, 0.3) is 0 Å². The molecule has 3 nitrogen and oxygen atoms in total. The molecule has 0 aliphatic carbocycles. The van der Waals surface area contributed by atoms with Crippen molar-refractivity contribution < 1.29 is 0 Å². The van der Waals surface area contributed by atoms with E-state index in [0.717, 1.165) is 12.2 Å². The SMILES string of the molecule is CC(C)n1cc(NCc2ccccc2)cn1. The molecule has 2 rings (SSSR count). The maximum Gasteiger partial charge on any atom is 0.0729 e. The Morgan fingerprint density at radius 3 is 2.62 bits per heavy atom. The van der Waals surface area contributed by atoms with Crippen LogP contribution in [0.2, 0.25) is 0 Å². The lowest BCUT2D eigenvalue weighted by molar-refractivity contribution is 0.532. The van der Waals surface area contributed by atoms with Crippen molar-refractivity contribution in [1.29, 1.82) is 0 Å². The molecule has 2 aromatic rings. The molecule has 0 bridgehead atoms. The number of anilines is 1. The fourth-order valence-electron chi connectivity index (χ4n) is 1.51. The van der Waals surface area contributed by atoms with E-state index in [0.29, 0.717) is 6.04 Å². The van der Waals surface area contributed by atoms with Gasteiger partial charge in [0.25, 0.3) is 0 Å². The number of nitrogens with one attached hydrogen (secondary N) is 1. The summed E-state index contributed by atoms with van der Waals surface area (Å²) >= 11 is 0. The van der Waals surface area contributed by atoms with Gasteiger partial charge in [0, 0.05) is 18.8 Å². The number of nitrogens with zero attached hydrogens (tertiary/aromatic N) is 2. The van der Waals surface area contributed by atoms with Gasteiger partial charge >= 0.3 is 0 Å². The van der Waals surface area contributed by atoms with Gasteiger partial charge in [-0.25, -0.2) is 0 Å². The van der Waals surface area contributed by atoms with Crippen molar-refractivity contribution in [2.45, 2.75) is 26.4 Å². The fraction of sp³-hybridized carbons (Fsp3) is 0.308. The Morgan fingerprint density at radius 1 is 1.25 bits per heavy atom. The molecule has 1 aromatic carbocycles. The van der Waals surface area contributed by atoms with E-state index >= 15 is 0 Å². The first-order chi connectivity index (χ1) is 7.75. The highest BCUT2D eigenvalue weighted by atomic mass is 15.3. The van der Waals surface area contributed by atoms with E-state index in [1.54, 1.807) is 0 Å². The van der Waals surface area contributed by atoms with E-state index in [2.05, 4.69) is 48.5 Å². The predicted molar refractivity (Wildman–Crippen MR) is 66.4 cm³/mol. The molecule has 0 radical (unpaired) electrons. The molecule has 0 fully saturated rings. The third-order valence-corrected chi connectivity index (χ3v) is 2.47. The van der Waals surface area contributed by atoms with Crippen molar-refractivity contribution in [3.05, 3.63) is 48.3 Å². The first kappa shape index (κ1) is 10.7. The van der Waals surface area contributed by atoms with Gasteiger partial charge in [0.1, 0.15) is 0 Å². The quantitative estimate of drug-likeness (QED) is 0.849. The Labute approximate surface area is 96.1 Å². The molecular weight excluding hydrogens is 198 g/mol. The summed E-state index contributed by atoms with van der Waals surface area (Å²) in [5.41, 5.74) is 2.34. The van der Waals surface area contributed by atoms with Gasteiger partial charge in [-0.1, -0.05) is 30.3 Å². The van der Waals surface area contributed by atoms with E-state index in [4.69, 9.17) is 0 Å². The second kappa shape index (κ2) is 4.84. The summed E-state index contributed by atoms with van der Waals surface area (Å²) in [6.45, 7) is 5.08. The highest BCUT2D eigenvalue weighted by molar-refractivity contribution is 5.39. The van der Waals surface area contributed by atoms with Crippen molar-refractivity contribution in [2.75, 3.05) is 5.32 Å². The van der Waals surface area contributed by atoms with E-state index in [-0.39, 0.29) is 0 Å². The minimum Gasteiger partial charge on any atom is -0.378 e. The zero-order valence-corrected chi connectivity index (χ0v) is 9.72. The van der Waals surface area contributed by atoms with Crippen LogP contribution in [0, 0.1) is 0 Å². The minimum absolute atomic E-state index is 0.410. The highest BCUT2D eigenvalue weighted by Gasteiger charge is 2.00. The highest BCUT2D eigenvalue weighted by Crippen LogP contribution is 2.11. The summed E-state index contributed by atoms with van der Waals surface area (Å²) in [7, 11) is 0. The molecular formula is C13H17N3. The smallest absolute Gasteiger partial charge is 0.0729 e. The van der Waals surface area contributed by atoms with Crippen LogP contribution >= 0.6 is 0 Å². The van der Waals surface area contributed by atoms with Crippen LogP contribution in [-0.2, 0) is 6.54 Å².